The molecule has 0 aliphatic carbocycles. The average Bonchev–Trinajstić information content (AvgIpc) is 2.93. The van der Waals surface area contributed by atoms with Crippen molar-refractivity contribution in [1.29, 1.82) is 0 Å². The normalized spacial score (nSPS) is 17.6. The van der Waals surface area contributed by atoms with Gasteiger partial charge in [0.2, 0.25) is 0 Å². The molecule has 0 radical (unpaired) electrons. The number of amides is 1. The van der Waals surface area contributed by atoms with Crippen molar-refractivity contribution in [1.82, 2.24) is 10.2 Å². The van der Waals surface area contributed by atoms with Crippen molar-refractivity contribution >= 4 is 5.91 Å². The molecule has 1 aliphatic rings. The number of carbonyl (C=O) groups excluding carboxylic acids is 1. The van der Waals surface area contributed by atoms with Crippen LogP contribution in [0.15, 0.2) is 54.6 Å². The molecule has 1 aliphatic heterocycles. The van der Waals surface area contributed by atoms with Crippen molar-refractivity contribution in [3.05, 3.63) is 71.3 Å². The van der Waals surface area contributed by atoms with E-state index in [9.17, 15) is 4.79 Å². The number of hydrogen-bond acceptors (Lipinski definition) is 2. The van der Waals surface area contributed by atoms with E-state index in [1.54, 1.807) is 0 Å². The Hall–Kier alpha value is -2.13. The molecule has 1 amide bonds. The summed E-state index contributed by atoms with van der Waals surface area (Å²) in [4.78, 5) is 15.1. The molecule has 138 valence electrons. The Morgan fingerprint density at radius 3 is 2.38 bits per heavy atom. The number of rotatable bonds is 8. The first kappa shape index (κ1) is 18.7. The Morgan fingerprint density at radius 2 is 1.65 bits per heavy atom. The molecular formula is C23H30N2O. The van der Waals surface area contributed by atoms with Crippen LogP contribution in [0.3, 0.4) is 0 Å². The smallest absolute Gasteiger partial charge is 0.256 e. The molecule has 2 aromatic carbocycles. The minimum absolute atomic E-state index is 0.0109. The zero-order valence-electron chi connectivity index (χ0n) is 16.1. The van der Waals surface area contributed by atoms with Crippen LogP contribution < -0.4 is 5.32 Å². The molecule has 1 N–H and O–H groups in total. The van der Waals surface area contributed by atoms with Crippen LogP contribution in [0.25, 0.3) is 0 Å². The van der Waals surface area contributed by atoms with Gasteiger partial charge in [0.1, 0.15) is 6.17 Å². The van der Waals surface area contributed by atoms with E-state index in [4.69, 9.17) is 0 Å². The first-order valence-electron chi connectivity index (χ1n) is 9.77. The van der Waals surface area contributed by atoms with Crippen molar-refractivity contribution < 1.29 is 4.79 Å². The van der Waals surface area contributed by atoms with Crippen molar-refractivity contribution in [2.75, 3.05) is 6.54 Å². The summed E-state index contributed by atoms with van der Waals surface area (Å²) in [5.41, 5.74) is 3.29. The Morgan fingerprint density at radius 1 is 0.962 bits per heavy atom. The van der Waals surface area contributed by atoms with Gasteiger partial charge in [0.25, 0.3) is 5.91 Å². The minimum Gasteiger partial charge on any atom is -0.316 e. The zero-order valence-corrected chi connectivity index (χ0v) is 16.1. The summed E-state index contributed by atoms with van der Waals surface area (Å²) in [5.74, 6) is 0.807. The Kier molecular flexibility index (Phi) is 6.10. The predicted molar refractivity (Wildman–Crippen MR) is 107 cm³/mol. The van der Waals surface area contributed by atoms with Crippen molar-refractivity contribution in [2.45, 2.75) is 52.2 Å². The van der Waals surface area contributed by atoms with E-state index in [0.717, 1.165) is 36.9 Å². The third-order valence-electron chi connectivity index (χ3n) is 5.23. The molecule has 3 nitrogen and oxygen atoms in total. The van der Waals surface area contributed by atoms with Gasteiger partial charge < -0.3 is 4.90 Å². The Labute approximate surface area is 157 Å². The highest BCUT2D eigenvalue weighted by molar-refractivity contribution is 5.99. The first-order chi connectivity index (χ1) is 12.6. The van der Waals surface area contributed by atoms with E-state index in [1.165, 1.54) is 5.56 Å². The molecule has 0 fully saturated rings. The fourth-order valence-electron chi connectivity index (χ4n) is 3.67. The monoisotopic (exact) mass is 350 g/mol. The molecule has 2 aromatic rings. The van der Waals surface area contributed by atoms with Gasteiger partial charge in [0.15, 0.2) is 0 Å². The van der Waals surface area contributed by atoms with E-state index in [-0.39, 0.29) is 18.1 Å². The number of nitrogens with one attached hydrogen (secondary N) is 1. The average molecular weight is 351 g/mol. The molecule has 0 spiro atoms. The molecule has 1 heterocycles. The lowest BCUT2D eigenvalue weighted by Crippen LogP contribution is -2.43. The number of carbonyl (C=O) groups is 1. The number of aryl methyl sites for hydroxylation is 1. The van der Waals surface area contributed by atoms with Crippen LogP contribution in [-0.4, -0.2) is 23.4 Å². The molecule has 3 rings (SSSR count). The summed E-state index contributed by atoms with van der Waals surface area (Å²) in [5, 5.41) is 3.63. The highest BCUT2D eigenvalue weighted by atomic mass is 16.2. The minimum atomic E-state index is -0.0109. The number of nitrogens with zero attached hydrogens (tertiary/aromatic N) is 1. The number of benzene rings is 2. The van der Waals surface area contributed by atoms with Crippen LogP contribution in [0, 0.1) is 5.92 Å². The maximum Gasteiger partial charge on any atom is 0.256 e. The lowest BCUT2D eigenvalue weighted by Gasteiger charge is -2.32. The van der Waals surface area contributed by atoms with E-state index in [0.29, 0.717) is 5.92 Å². The van der Waals surface area contributed by atoms with Gasteiger partial charge in [-0.2, -0.15) is 0 Å². The van der Waals surface area contributed by atoms with Crippen LogP contribution in [0.2, 0.25) is 0 Å². The van der Waals surface area contributed by atoms with Gasteiger partial charge in [-0.15, -0.1) is 0 Å². The number of hydrogen-bond donors (Lipinski definition) is 1. The maximum absolute atomic E-state index is 13.0. The molecule has 0 aromatic heterocycles. The van der Waals surface area contributed by atoms with Gasteiger partial charge in [-0.05, 0) is 50.3 Å². The number of fused-ring (bicyclic) bond motifs is 1. The molecule has 0 saturated carbocycles. The molecule has 0 bridgehead atoms. The van der Waals surface area contributed by atoms with Crippen LogP contribution in [0.4, 0.5) is 0 Å². The highest BCUT2D eigenvalue weighted by Gasteiger charge is 2.38. The summed E-state index contributed by atoms with van der Waals surface area (Å²) in [6, 6.07) is 18.7. The SMILES string of the molecule is CC(C)CCN[C@H]1c2ccccc2C(=O)N1[C@@H](C)CCc1ccccc1. The summed E-state index contributed by atoms with van der Waals surface area (Å²) < 4.78 is 0. The topological polar surface area (TPSA) is 32.3 Å². The van der Waals surface area contributed by atoms with Crippen LogP contribution in [-0.2, 0) is 6.42 Å². The second-order valence-corrected chi connectivity index (χ2v) is 7.71. The van der Waals surface area contributed by atoms with Crippen LogP contribution >= 0.6 is 0 Å². The van der Waals surface area contributed by atoms with Gasteiger partial charge in [-0.25, -0.2) is 0 Å². The summed E-state index contributed by atoms with van der Waals surface area (Å²) in [6.07, 6.45) is 3.05. The van der Waals surface area contributed by atoms with Gasteiger partial charge in [0.05, 0.1) is 0 Å². The molecule has 0 unspecified atom stereocenters. The Bertz CT molecular complexity index is 726. The quantitative estimate of drug-likeness (QED) is 0.742. The van der Waals surface area contributed by atoms with Crippen LogP contribution in [0.5, 0.6) is 0 Å². The lowest BCUT2D eigenvalue weighted by atomic mass is 10.0. The third-order valence-corrected chi connectivity index (χ3v) is 5.23. The molecule has 3 heteroatoms. The van der Waals surface area contributed by atoms with Crippen molar-refractivity contribution in [3.63, 3.8) is 0 Å². The highest BCUT2D eigenvalue weighted by Crippen LogP contribution is 2.34. The lowest BCUT2D eigenvalue weighted by molar-refractivity contribution is 0.0592. The molecular weight excluding hydrogens is 320 g/mol. The van der Waals surface area contributed by atoms with E-state index >= 15 is 0 Å². The van der Waals surface area contributed by atoms with E-state index in [2.05, 4.69) is 56.4 Å². The standard InChI is InChI=1S/C23H30N2O/c1-17(2)15-16-24-22-20-11-7-8-12-21(20)23(26)25(22)18(3)13-14-19-9-5-4-6-10-19/h4-12,17-18,22,24H,13-16H2,1-3H3/t18-,22+/m0/s1. The second-order valence-electron chi connectivity index (χ2n) is 7.71. The molecule has 0 saturated heterocycles. The molecule has 2 atom stereocenters. The maximum atomic E-state index is 13.0. The molecule has 26 heavy (non-hydrogen) atoms. The first-order valence-corrected chi connectivity index (χ1v) is 9.77. The van der Waals surface area contributed by atoms with Gasteiger partial charge in [-0.3, -0.25) is 10.1 Å². The fourth-order valence-corrected chi connectivity index (χ4v) is 3.67. The van der Waals surface area contributed by atoms with Gasteiger partial charge >= 0.3 is 0 Å². The van der Waals surface area contributed by atoms with E-state index in [1.807, 2.05) is 29.2 Å². The van der Waals surface area contributed by atoms with Crippen LogP contribution in [0.1, 0.15) is 61.3 Å². The summed E-state index contributed by atoms with van der Waals surface area (Å²) in [6.45, 7) is 7.56. The summed E-state index contributed by atoms with van der Waals surface area (Å²) in [7, 11) is 0. The fraction of sp³-hybridized carbons (Fsp3) is 0.435. The second kappa shape index (κ2) is 8.50. The van der Waals surface area contributed by atoms with Crippen molar-refractivity contribution in [2.24, 2.45) is 5.92 Å². The predicted octanol–water partition coefficient (Wildman–Crippen LogP) is 4.80. The Balaban J connectivity index is 1.73. The third kappa shape index (κ3) is 4.16. The van der Waals surface area contributed by atoms with Gasteiger partial charge in [0, 0.05) is 17.2 Å². The largest absolute Gasteiger partial charge is 0.316 e. The summed E-state index contributed by atoms with van der Waals surface area (Å²) >= 11 is 0. The zero-order chi connectivity index (χ0) is 18.5. The van der Waals surface area contributed by atoms with Crippen molar-refractivity contribution in [3.8, 4) is 0 Å². The van der Waals surface area contributed by atoms with E-state index < -0.39 is 0 Å². The van der Waals surface area contributed by atoms with Gasteiger partial charge in [-0.1, -0.05) is 62.4 Å².